The number of hydrogen-bond donors (Lipinski definition) is 2. The van der Waals surface area contributed by atoms with Gasteiger partial charge >= 0.3 is 6.09 Å². The van der Waals surface area contributed by atoms with Gasteiger partial charge in [0.2, 0.25) is 10.0 Å². The number of benzene rings is 3. The van der Waals surface area contributed by atoms with E-state index in [1.807, 2.05) is 32.9 Å². The van der Waals surface area contributed by atoms with E-state index >= 15 is 0 Å². The maximum Gasteiger partial charge on any atom is 0.409 e. The summed E-state index contributed by atoms with van der Waals surface area (Å²) >= 11 is 0. The molecule has 0 radical (unpaired) electrons. The predicted molar refractivity (Wildman–Crippen MR) is 178 cm³/mol. The second kappa shape index (κ2) is 14.4. The number of nitrogens with one attached hydrogen (secondary N) is 2. The monoisotopic (exact) mass is 654 g/mol. The number of piperazine rings is 1. The van der Waals surface area contributed by atoms with Crippen LogP contribution in [0.1, 0.15) is 43.6 Å². The van der Waals surface area contributed by atoms with Gasteiger partial charge in [-0.2, -0.15) is 0 Å². The Bertz CT molecular complexity index is 1710. The Morgan fingerprint density at radius 2 is 1.59 bits per heavy atom. The van der Waals surface area contributed by atoms with Crippen molar-refractivity contribution in [3.8, 4) is 11.5 Å². The number of fused-ring (bicyclic) bond motifs is 1. The maximum absolute atomic E-state index is 13.6. The van der Waals surface area contributed by atoms with E-state index in [-0.39, 0.29) is 28.8 Å². The zero-order chi connectivity index (χ0) is 33.6. The van der Waals surface area contributed by atoms with Crippen molar-refractivity contribution in [2.45, 2.75) is 33.1 Å². The van der Waals surface area contributed by atoms with E-state index in [2.05, 4.69) is 14.9 Å². The number of methoxy groups -OCH3 is 1. The predicted octanol–water partition coefficient (Wildman–Crippen LogP) is 4.49. The van der Waals surface area contributed by atoms with Crippen molar-refractivity contribution in [3.05, 3.63) is 59.7 Å². The molecule has 1 heterocycles. The van der Waals surface area contributed by atoms with Crippen LogP contribution in [-0.4, -0.2) is 95.3 Å². The molecule has 4 rings (SSSR count). The Morgan fingerprint density at radius 3 is 2.20 bits per heavy atom. The molecule has 0 spiro atoms. The third-order valence-electron chi connectivity index (χ3n) is 7.60. The molecule has 2 N–H and O–H groups in total. The van der Waals surface area contributed by atoms with Gasteiger partial charge in [-0.1, -0.05) is 45.0 Å². The lowest BCUT2D eigenvalue weighted by Crippen LogP contribution is -2.49. The quantitative estimate of drug-likeness (QED) is 0.226. The molecule has 2 amide bonds. The normalized spacial score (nSPS) is 14.1. The average Bonchev–Trinajstić information content (AvgIpc) is 3.00. The number of ketones is 1. The van der Waals surface area contributed by atoms with Gasteiger partial charge in [0.05, 0.1) is 31.3 Å². The molecule has 1 fully saturated rings. The third-order valence-corrected chi connectivity index (χ3v) is 8.19. The fourth-order valence-corrected chi connectivity index (χ4v) is 5.75. The van der Waals surface area contributed by atoms with Gasteiger partial charge in [-0.15, -0.1) is 0 Å². The molecule has 0 aromatic heterocycles. The van der Waals surface area contributed by atoms with Gasteiger partial charge < -0.3 is 24.4 Å². The van der Waals surface area contributed by atoms with Gasteiger partial charge in [-0.05, 0) is 47.6 Å². The summed E-state index contributed by atoms with van der Waals surface area (Å²) in [6.45, 7) is 11.6. The van der Waals surface area contributed by atoms with Crippen LogP contribution < -0.4 is 19.5 Å². The lowest BCUT2D eigenvalue weighted by atomic mass is 9.86. The van der Waals surface area contributed by atoms with Crippen LogP contribution in [0.5, 0.6) is 11.5 Å². The summed E-state index contributed by atoms with van der Waals surface area (Å²) < 4.78 is 43.3. The first-order chi connectivity index (χ1) is 21.7. The number of nitrogens with zero attached hydrogens (tertiary/aromatic N) is 2. The van der Waals surface area contributed by atoms with E-state index in [0.29, 0.717) is 62.5 Å². The van der Waals surface area contributed by atoms with E-state index in [0.717, 1.165) is 11.8 Å². The zero-order valence-corrected chi connectivity index (χ0v) is 28.0. The minimum Gasteiger partial charge on any atom is -0.492 e. The summed E-state index contributed by atoms with van der Waals surface area (Å²) in [6.07, 6.45) is 0.727. The molecule has 0 bridgehead atoms. The van der Waals surface area contributed by atoms with Crippen molar-refractivity contribution in [2.24, 2.45) is 0 Å². The molecular formula is C33H42N4O8S. The highest BCUT2D eigenvalue weighted by Crippen LogP contribution is 2.39. The number of amides is 2. The topological polar surface area (TPSA) is 144 Å². The number of anilines is 2. The summed E-state index contributed by atoms with van der Waals surface area (Å²) in [5.41, 5.74) is 0.804. The number of sulfonamides is 1. The van der Waals surface area contributed by atoms with Gasteiger partial charge in [0, 0.05) is 43.7 Å². The summed E-state index contributed by atoms with van der Waals surface area (Å²) in [5.74, 6) is -1.03. The molecule has 46 heavy (non-hydrogen) atoms. The molecule has 0 atom stereocenters. The van der Waals surface area contributed by atoms with E-state index < -0.39 is 27.1 Å². The molecule has 0 aliphatic carbocycles. The fourth-order valence-electron chi connectivity index (χ4n) is 5.20. The standard InChI is InChI=1S/C33H42N4O8S/c1-7-44-32(40)37-16-14-36(15-17-37)18-19-45-28-13-12-25(23-10-8-9-11-24(23)28)29(38)31(39)34-26-20-22(33(2,3)4)21-27(30(26)43-5)35-46(6,41)42/h8-13,20-21,35H,7,14-19H2,1-6H3,(H,34,39). The Balaban J connectivity index is 1.51. The SMILES string of the molecule is CCOC(=O)N1CCN(CCOc2ccc(C(=O)C(=O)Nc3cc(C(C)(C)C)cc(NS(C)(=O)=O)c3OC)c3ccccc23)CC1. The van der Waals surface area contributed by atoms with Crippen LogP contribution in [0.3, 0.4) is 0 Å². The van der Waals surface area contributed by atoms with Crippen LogP contribution in [0.25, 0.3) is 10.8 Å². The minimum atomic E-state index is -3.67. The second-order valence-corrected chi connectivity index (χ2v) is 13.8. The van der Waals surface area contributed by atoms with Crippen molar-refractivity contribution in [1.29, 1.82) is 0 Å². The summed E-state index contributed by atoms with van der Waals surface area (Å²) in [7, 11) is -2.31. The van der Waals surface area contributed by atoms with E-state index in [4.69, 9.17) is 14.2 Å². The first-order valence-electron chi connectivity index (χ1n) is 15.1. The number of hydrogen-bond acceptors (Lipinski definition) is 9. The van der Waals surface area contributed by atoms with Crippen LogP contribution in [0.15, 0.2) is 48.5 Å². The first kappa shape index (κ1) is 34.5. The molecule has 0 unspecified atom stereocenters. The van der Waals surface area contributed by atoms with Gasteiger partial charge in [-0.3, -0.25) is 19.2 Å². The van der Waals surface area contributed by atoms with Gasteiger partial charge in [0.25, 0.3) is 11.7 Å². The molecular weight excluding hydrogens is 612 g/mol. The van der Waals surface area contributed by atoms with Crippen LogP contribution in [0.2, 0.25) is 0 Å². The molecule has 1 saturated heterocycles. The lowest BCUT2D eigenvalue weighted by Gasteiger charge is -2.33. The van der Waals surface area contributed by atoms with E-state index in [1.54, 1.807) is 48.2 Å². The maximum atomic E-state index is 13.6. The van der Waals surface area contributed by atoms with Gasteiger partial charge in [0.15, 0.2) is 5.75 Å². The fraction of sp³-hybridized carbons (Fsp3) is 0.424. The summed E-state index contributed by atoms with van der Waals surface area (Å²) in [6, 6.07) is 13.8. The Morgan fingerprint density at radius 1 is 0.935 bits per heavy atom. The van der Waals surface area contributed by atoms with Crippen LogP contribution in [0, 0.1) is 0 Å². The smallest absolute Gasteiger partial charge is 0.409 e. The third kappa shape index (κ3) is 8.46. The molecule has 13 heteroatoms. The van der Waals surface area contributed by atoms with E-state index in [9.17, 15) is 22.8 Å². The van der Waals surface area contributed by atoms with Crippen molar-refractivity contribution in [1.82, 2.24) is 9.80 Å². The molecule has 1 aliphatic heterocycles. The van der Waals surface area contributed by atoms with Gasteiger partial charge in [0.1, 0.15) is 12.4 Å². The number of rotatable bonds is 11. The average molecular weight is 655 g/mol. The molecule has 248 valence electrons. The highest BCUT2D eigenvalue weighted by molar-refractivity contribution is 7.92. The van der Waals surface area contributed by atoms with Crippen LogP contribution in [0.4, 0.5) is 16.2 Å². The van der Waals surface area contributed by atoms with Crippen molar-refractivity contribution in [3.63, 3.8) is 0 Å². The van der Waals surface area contributed by atoms with Gasteiger partial charge in [-0.25, -0.2) is 13.2 Å². The molecule has 3 aromatic carbocycles. The highest BCUT2D eigenvalue weighted by atomic mass is 32.2. The Hall–Kier alpha value is -4.36. The number of carbonyl (C=O) groups is 3. The first-order valence-corrected chi connectivity index (χ1v) is 17.0. The zero-order valence-electron chi connectivity index (χ0n) is 27.1. The molecule has 0 saturated carbocycles. The number of carbonyl (C=O) groups excluding carboxylic acids is 3. The lowest BCUT2D eigenvalue weighted by molar-refractivity contribution is -0.112. The largest absolute Gasteiger partial charge is 0.492 e. The Kier molecular flexibility index (Phi) is 10.8. The number of Topliss-reactive ketones (excluding diaryl/α,β-unsaturated/α-hetero) is 1. The van der Waals surface area contributed by atoms with E-state index in [1.165, 1.54) is 7.11 Å². The second-order valence-electron chi connectivity index (χ2n) is 12.0. The summed E-state index contributed by atoms with van der Waals surface area (Å²) in [4.78, 5) is 42.8. The molecule has 12 nitrogen and oxygen atoms in total. The Labute approximate surface area is 270 Å². The highest BCUT2D eigenvalue weighted by Gasteiger charge is 2.26. The molecule has 1 aliphatic rings. The van der Waals surface area contributed by atoms with Crippen LogP contribution >= 0.6 is 0 Å². The van der Waals surface area contributed by atoms with Crippen molar-refractivity contribution >= 4 is 50.0 Å². The van der Waals surface area contributed by atoms with Crippen molar-refractivity contribution in [2.75, 3.05) is 69.3 Å². The summed E-state index contributed by atoms with van der Waals surface area (Å²) in [5, 5.41) is 3.88. The van der Waals surface area contributed by atoms with Crippen molar-refractivity contribution < 1.29 is 37.0 Å². The molecule has 3 aromatic rings. The number of ether oxygens (including phenoxy) is 3. The minimum absolute atomic E-state index is 0.0792. The van der Waals surface area contributed by atoms with Crippen LogP contribution in [-0.2, 0) is 25.0 Å².